The number of hydrogen-bond donors (Lipinski definition) is 0. The lowest BCUT2D eigenvalue weighted by molar-refractivity contribution is -0.143. The Bertz CT molecular complexity index is 2380. The number of methoxy groups -OCH3 is 1. The summed E-state index contributed by atoms with van der Waals surface area (Å²) in [7, 11) is 1.28. The van der Waals surface area contributed by atoms with Crippen molar-refractivity contribution in [2.24, 2.45) is 4.99 Å². The molecule has 1 aliphatic rings. The number of carbonyl (C=O) groups is 2. The summed E-state index contributed by atoms with van der Waals surface area (Å²) in [6.07, 6.45) is 1.81. The topological polar surface area (TPSA) is 115 Å². The Labute approximate surface area is 325 Å². The Balaban J connectivity index is 1.38. The van der Waals surface area contributed by atoms with Crippen molar-refractivity contribution in [3.8, 4) is 17.2 Å². The molecule has 6 rings (SSSR count). The number of rotatable bonds is 12. The highest BCUT2D eigenvalue weighted by Gasteiger charge is 2.34. The van der Waals surface area contributed by atoms with Crippen LogP contribution in [0.4, 0.5) is 0 Å². The highest BCUT2D eigenvalue weighted by molar-refractivity contribution is 14.1. The highest BCUT2D eigenvalue weighted by atomic mass is 127. The zero-order chi connectivity index (χ0) is 36.9. The van der Waals surface area contributed by atoms with Crippen molar-refractivity contribution < 1.29 is 33.3 Å². The number of esters is 2. The summed E-state index contributed by atoms with van der Waals surface area (Å²) < 4.78 is 31.5. The summed E-state index contributed by atoms with van der Waals surface area (Å²) in [5.74, 6) is 0.222. The number of thiazole rings is 1. The number of ether oxygens (including phenoxy) is 5. The molecule has 0 amide bonds. The van der Waals surface area contributed by atoms with Gasteiger partial charge in [-0.25, -0.2) is 14.6 Å². The molecule has 0 fully saturated rings. The fraction of sp³-hybridized carbons (Fsp3) is 0.231. The fourth-order valence-electron chi connectivity index (χ4n) is 5.91. The predicted octanol–water partition coefficient (Wildman–Crippen LogP) is 6.85. The van der Waals surface area contributed by atoms with Crippen LogP contribution < -0.4 is 29.1 Å². The molecule has 0 unspecified atom stereocenters. The zero-order valence-electron chi connectivity index (χ0n) is 28.7. The quantitative estimate of drug-likeness (QED) is 0.0988. The van der Waals surface area contributed by atoms with Crippen molar-refractivity contribution in [3.05, 3.63) is 128 Å². The first-order valence-corrected chi connectivity index (χ1v) is 19.1. The standard InChI is InChI=1S/C39H34BrIN2O8S/c1-5-48-31-19-25(14-15-30(31)50-21-33(44)47-4)35-34(38(46)49-6-2)22(3)42-39-43(35)37(45)32(52-39)18-23-16-28(40)36(29(41)17-23)51-20-26-12-9-11-24-10-7-8-13-27(24)26/h7-19,35H,5-6,20-21H2,1-4H3/b32-18-/t35-/m1/s1. The number of halogens is 2. The van der Waals surface area contributed by atoms with Crippen molar-refractivity contribution >= 4 is 78.6 Å². The maximum atomic E-state index is 14.3. The van der Waals surface area contributed by atoms with Gasteiger partial charge in [0.25, 0.3) is 5.56 Å². The lowest BCUT2D eigenvalue weighted by atomic mass is 9.95. The van der Waals surface area contributed by atoms with Crippen LogP contribution in [0.15, 0.2) is 98.3 Å². The highest BCUT2D eigenvalue weighted by Crippen LogP contribution is 2.37. The van der Waals surface area contributed by atoms with Gasteiger partial charge in [0, 0.05) is 0 Å². The third-order valence-electron chi connectivity index (χ3n) is 8.24. The summed E-state index contributed by atoms with van der Waals surface area (Å²) in [5.41, 5.74) is 2.78. The van der Waals surface area contributed by atoms with Gasteiger partial charge in [0.2, 0.25) is 0 Å². The molecule has 1 aliphatic heterocycles. The Morgan fingerprint density at radius 3 is 2.52 bits per heavy atom. The van der Waals surface area contributed by atoms with Crippen molar-refractivity contribution in [2.45, 2.75) is 33.4 Å². The SMILES string of the molecule is CCOC(=O)C1=C(C)N=c2s/c(=C\c3cc(Br)c(OCc4cccc5ccccc45)c(I)c3)c(=O)n2[C@@H]1c1ccc(OCC(=O)OC)c(OCC)c1. The van der Waals surface area contributed by atoms with Gasteiger partial charge in [-0.05, 0) is 117 Å². The molecule has 1 aromatic heterocycles. The van der Waals surface area contributed by atoms with Crippen LogP contribution in [0.5, 0.6) is 17.2 Å². The number of hydrogen-bond acceptors (Lipinski definition) is 10. The molecule has 0 bridgehead atoms. The summed E-state index contributed by atoms with van der Waals surface area (Å²) in [4.78, 5) is 44.6. The Morgan fingerprint density at radius 2 is 1.77 bits per heavy atom. The molecule has 0 saturated heterocycles. The minimum absolute atomic E-state index is 0.145. The van der Waals surface area contributed by atoms with Crippen LogP contribution in [-0.2, 0) is 25.7 Å². The first-order valence-electron chi connectivity index (χ1n) is 16.4. The monoisotopic (exact) mass is 896 g/mol. The van der Waals surface area contributed by atoms with Gasteiger partial charge in [0.1, 0.15) is 12.4 Å². The molecule has 10 nitrogen and oxygen atoms in total. The molecular formula is C39H34BrIN2O8S. The number of benzene rings is 4. The van der Waals surface area contributed by atoms with Gasteiger partial charge in [-0.2, -0.15) is 0 Å². The molecule has 52 heavy (non-hydrogen) atoms. The van der Waals surface area contributed by atoms with Crippen molar-refractivity contribution in [3.63, 3.8) is 0 Å². The summed E-state index contributed by atoms with van der Waals surface area (Å²) >= 11 is 7.15. The van der Waals surface area contributed by atoms with E-state index in [-0.39, 0.29) is 24.3 Å². The second-order valence-corrected chi connectivity index (χ2v) is 14.6. The van der Waals surface area contributed by atoms with Crippen molar-refractivity contribution in [1.29, 1.82) is 0 Å². The van der Waals surface area contributed by atoms with Gasteiger partial charge in [-0.3, -0.25) is 9.36 Å². The average molecular weight is 898 g/mol. The normalized spacial score (nSPS) is 14.1. The number of fused-ring (bicyclic) bond motifs is 2. The zero-order valence-corrected chi connectivity index (χ0v) is 33.3. The molecule has 0 spiro atoms. The Kier molecular flexibility index (Phi) is 11.8. The van der Waals surface area contributed by atoms with Crippen LogP contribution in [0.2, 0.25) is 0 Å². The molecule has 0 aliphatic carbocycles. The molecule has 13 heteroatoms. The minimum atomic E-state index is -0.872. The van der Waals surface area contributed by atoms with E-state index in [4.69, 9.17) is 28.7 Å². The summed E-state index contributed by atoms with van der Waals surface area (Å²) in [5, 5.41) is 2.29. The van der Waals surface area contributed by atoms with E-state index in [1.807, 2.05) is 37.3 Å². The molecule has 0 radical (unpaired) electrons. The van der Waals surface area contributed by atoms with Crippen LogP contribution >= 0.6 is 49.9 Å². The van der Waals surface area contributed by atoms with E-state index >= 15 is 0 Å². The first-order chi connectivity index (χ1) is 25.1. The van der Waals surface area contributed by atoms with Crippen LogP contribution in [0.25, 0.3) is 16.8 Å². The lowest BCUT2D eigenvalue weighted by Gasteiger charge is -2.25. The van der Waals surface area contributed by atoms with Gasteiger partial charge < -0.3 is 23.7 Å². The number of allylic oxidation sites excluding steroid dienone is 1. The van der Waals surface area contributed by atoms with Crippen LogP contribution in [0.3, 0.4) is 0 Å². The second kappa shape index (κ2) is 16.5. The maximum absolute atomic E-state index is 14.3. The van der Waals surface area contributed by atoms with Crippen LogP contribution in [0.1, 0.15) is 43.5 Å². The van der Waals surface area contributed by atoms with E-state index in [1.54, 1.807) is 38.1 Å². The van der Waals surface area contributed by atoms with Crippen molar-refractivity contribution in [1.82, 2.24) is 4.57 Å². The van der Waals surface area contributed by atoms with Crippen LogP contribution in [-0.4, -0.2) is 43.4 Å². The smallest absolute Gasteiger partial charge is 0.343 e. The van der Waals surface area contributed by atoms with E-state index < -0.39 is 18.0 Å². The second-order valence-electron chi connectivity index (χ2n) is 11.5. The molecular weight excluding hydrogens is 863 g/mol. The largest absolute Gasteiger partial charge is 0.490 e. The van der Waals surface area contributed by atoms with Gasteiger partial charge in [-0.15, -0.1) is 0 Å². The van der Waals surface area contributed by atoms with Crippen molar-refractivity contribution in [2.75, 3.05) is 26.9 Å². The third-order valence-corrected chi connectivity index (χ3v) is 10.6. The predicted molar refractivity (Wildman–Crippen MR) is 211 cm³/mol. The first kappa shape index (κ1) is 37.3. The number of aromatic nitrogens is 1. The molecule has 268 valence electrons. The Morgan fingerprint density at radius 1 is 0.981 bits per heavy atom. The molecule has 4 aromatic carbocycles. The third kappa shape index (κ3) is 7.81. The molecule has 0 N–H and O–H groups in total. The Hall–Kier alpha value is -4.47. The summed E-state index contributed by atoms with van der Waals surface area (Å²) in [6, 6.07) is 22.4. The number of nitrogens with zero attached hydrogens (tertiary/aromatic N) is 2. The van der Waals surface area contributed by atoms with E-state index in [9.17, 15) is 14.4 Å². The van der Waals surface area contributed by atoms with E-state index in [1.165, 1.54) is 23.0 Å². The van der Waals surface area contributed by atoms with Gasteiger partial charge in [0.05, 0.1) is 50.2 Å². The fourth-order valence-corrected chi connectivity index (χ4v) is 8.72. The maximum Gasteiger partial charge on any atom is 0.343 e. The molecule has 2 heterocycles. The summed E-state index contributed by atoms with van der Waals surface area (Å²) in [6.45, 7) is 5.79. The van der Waals surface area contributed by atoms with E-state index in [0.29, 0.717) is 51.1 Å². The lowest BCUT2D eigenvalue weighted by Crippen LogP contribution is -2.40. The average Bonchev–Trinajstić information content (AvgIpc) is 3.43. The molecule has 1 atom stereocenters. The number of carbonyl (C=O) groups excluding carboxylic acids is 2. The van der Waals surface area contributed by atoms with E-state index in [2.05, 4.69) is 62.8 Å². The van der Waals surface area contributed by atoms with Crippen LogP contribution in [0, 0.1) is 3.57 Å². The van der Waals surface area contributed by atoms with Gasteiger partial charge in [0.15, 0.2) is 22.9 Å². The van der Waals surface area contributed by atoms with E-state index in [0.717, 1.165) is 29.9 Å². The molecule has 5 aromatic rings. The molecule has 0 saturated carbocycles. The van der Waals surface area contributed by atoms with Gasteiger partial charge >= 0.3 is 11.9 Å². The minimum Gasteiger partial charge on any atom is -0.490 e. The van der Waals surface area contributed by atoms with Gasteiger partial charge in [-0.1, -0.05) is 59.9 Å².